The average Bonchev–Trinajstić information content (AvgIpc) is 3.25. The van der Waals surface area contributed by atoms with E-state index >= 15 is 0 Å². The van der Waals surface area contributed by atoms with E-state index in [1.165, 1.54) is 12.1 Å². The molecule has 1 aliphatic rings. The van der Waals surface area contributed by atoms with Crippen LogP contribution in [0.2, 0.25) is 0 Å². The number of rotatable bonds is 4. The molecule has 1 fully saturated rings. The minimum atomic E-state index is -4.66. The highest BCUT2D eigenvalue weighted by molar-refractivity contribution is 7.15. The van der Waals surface area contributed by atoms with Crippen molar-refractivity contribution in [2.45, 2.75) is 19.0 Å². The van der Waals surface area contributed by atoms with Crippen LogP contribution < -0.4 is 10.2 Å². The van der Waals surface area contributed by atoms with Crippen molar-refractivity contribution in [3.63, 3.8) is 0 Å². The van der Waals surface area contributed by atoms with E-state index in [2.05, 4.69) is 15.5 Å². The van der Waals surface area contributed by atoms with E-state index in [4.69, 9.17) is 0 Å². The van der Waals surface area contributed by atoms with E-state index in [1.807, 2.05) is 4.90 Å². The maximum atomic E-state index is 12.5. The summed E-state index contributed by atoms with van der Waals surface area (Å²) in [6.07, 6.45) is -2.80. The highest BCUT2D eigenvalue weighted by Gasteiger charge is 2.36. The van der Waals surface area contributed by atoms with Gasteiger partial charge < -0.3 is 4.90 Å². The number of carbonyl (C=O) groups is 1. The zero-order chi connectivity index (χ0) is 18.9. The van der Waals surface area contributed by atoms with Gasteiger partial charge in [0.15, 0.2) is 0 Å². The van der Waals surface area contributed by atoms with Gasteiger partial charge in [-0.15, -0.1) is 10.2 Å². The van der Waals surface area contributed by atoms with Gasteiger partial charge in [-0.25, -0.2) is 0 Å². The summed E-state index contributed by atoms with van der Waals surface area (Å²) in [6, 6.07) is 3.97. The largest absolute Gasteiger partial charge is 0.445 e. The summed E-state index contributed by atoms with van der Waals surface area (Å²) < 4.78 is 37.5. The number of alkyl halides is 3. The fourth-order valence-corrected chi connectivity index (χ4v) is 3.20. The molecule has 2 aromatic rings. The predicted molar refractivity (Wildman–Crippen MR) is 87.4 cm³/mol. The molecule has 8 nitrogen and oxygen atoms in total. The first-order valence-corrected chi connectivity index (χ1v) is 8.33. The number of nitro groups is 1. The summed E-state index contributed by atoms with van der Waals surface area (Å²) in [6.45, 7) is 1.38. The molecule has 1 aromatic heterocycles. The molecular weight excluding hydrogens is 375 g/mol. The van der Waals surface area contributed by atoms with Gasteiger partial charge in [0.05, 0.1) is 4.92 Å². The molecule has 1 amide bonds. The summed E-state index contributed by atoms with van der Waals surface area (Å²) >= 11 is 0.176. The van der Waals surface area contributed by atoms with E-state index in [-0.39, 0.29) is 27.7 Å². The van der Waals surface area contributed by atoms with Crippen LogP contribution in [0.3, 0.4) is 0 Å². The first-order chi connectivity index (χ1) is 12.3. The number of hydrogen-bond acceptors (Lipinski definition) is 7. The Morgan fingerprint density at radius 1 is 1.27 bits per heavy atom. The van der Waals surface area contributed by atoms with Gasteiger partial charge in [0.25, 0.3) is 11.6 Å². The van der Waals surface area contributed by atoms with Crippen LogP contribution in [0.1, 0.15) is 28.2 Å². The molecule has 12 heteroatoms. The molecule has 26 heavy (non-hydrogen) atoms. The van der Waals surface area contributed by atoms with Crippen LogP contribution in [-0.2, 0) is 6.18 Å². The Morgan fingerprint density at radius 3 is 2.54 bits per heavy atom. The van der Waals surface area contributed by atoms with Gasteiger partial charge in [0.2, 0.25) is 10.1 Å². The molecule has 3 rings (SSSR count). The van der Waals surface area contributed by atoms with Crippen molar-refractivity contribution in [3.05, 3.63) is 38.9 Å². The molecule has 0 aliphatic carbocycles. The number of nitro benzene ring substituents is 1. The number of anilines is 2. The van der Waals surface area contributed by atoms with Crippen LogP contribution in [-0.4, -0.2) is 34.1 Å². The van der Waals surface area contributed by atoms with Gasteiger partial charge in [0, 0.05) is 24.7 Å². The Morgan fingerprint density at radius 2 is 1.96 bits per heavy atom. The fourth-order valence-electron chi connectivity index (χ4n) is 2.59. The van der Waals surface area contributed by atoms with Crippen LogP contribution >= 0.6 is 11.3 Å². The quantitative estimate of drug-likeness (QED) is 0.638. The van der Waals surface area contributed by atoms with Crippen molar-refractivity contribution < 1.29 is 22.9 Å². The standard InChI is InChI=1S/C14H12F3N5O3S/c15-14(16,17)12-19-20-13(26-12)18-11(23)8-3-4-9(10(7-8)22(24)25)21-5-1-2-6-21/h3-4,7H,1-2,5-6H2,(H,18,20,23). The van der Waals surface area contributed by atoms with Crippen LogP contribution in [0.15, 0.2) is 18.2 Å². The second kappa shape index (κ2) is 6.86. The normalized spacial score (nSPS) is 14.5. The first kappa shape index (κ1) is 18.0. The summed E-state index contributed by atoms with van der Waals surface area (Å²) in [5.41, 5.74) is 0.135. The van der Waals surface area contributed by atoms with Gasteiger partial charge in [-0.1, -0.05) is 11.3 Å². The smallest absolute Gasteiger partial charge is 0.366 e. The summed E-state index contributed by atoms with van der Waals surface area (Å²) in [5, 5.41) is 18.2. The lowest BCUT2D eigenvalue weighted by Gasteiger charge is -2.17. The van der Waals surface area contributed by atoms with Crippen molar-refractivity contribution in [3.8, 4) is 0 Å². The molecule has 0 spiro atoms. The second-order valence-corrected chi connectivity index (χ2v) is 6.50. The van der Waals surface area contributed by atoms with Crippen molar-refractivity contribution in [1.82, 2.24) is 10.2 Å². The maximum Gasteiger partial charge on any atom is 0.445 e. The molecule has 1 N–H and O–H groups in total. The highest BCUT2D eigenvalue weighted by Crippen LogP contribution is 2.34. The van der Waals surface area contributed by atoms with Gasteiger partial charge in [-0.3, -0.25) is 20.2 Å². The van der Waals surface area contributed by atoms with E-state index in [1.54, 1.807) is 0 Å². The van der Waals surface area contributed by atoms with Gasteiger partial charge in [-0.2, -0.15) is 13.2 Å². The molecule has 2 heterocycles. The van der Waals surface area contributed by atoms with Crippen molar-refractivity contribution in [2.75, 3.05) is 23.3 Å². The number of nitrogens with zero attached hydrogens (tertiary/aromatic N) is 4. The maximum absolute atomic E-state index is 12.5. The third-order valence-corrected chi connectivity index (χ3v) is 4.65. The molecule has 0 radical (unpaired) electrons. The number of carbonyl (C=O) groups excluding carboxylic acids is 1. The van der Waals surface area contributed by atoms with Crippen molar-refractivity contribution in [1.29, 1.82) is 0 Å². The van der Waals surface area contributed by atoms with E-state index < -0.39 is 22.0 Å². The third-order valence-electron chi connectivity index (χ3n) is 3.77. The van der Waals surface area contributed by atoms with E-state index in [9.17, 15) is 28.1 Å². The Bertz CT molecular complexity index is 849. The second-order valence-electron chi connectivity index (χ2n) is 5.52. The number of aromatic nitrogens is 2. The van der Waals surface area contributed by atoms with E-state index in [0.717, 1.165) is 18.9 Å². The highest BCUT2D eigenvalue weighted by atomic mass is 32.1. The van der Waals surface area contributed by atoms with Gasteiger partial charge in [-0.05, 0) is 25.0 Å². The monoisotopic (exact) mass is 387 g/mol. The van der Waals surface area contributed by atoms with Crippen molar-refractivity contribution in [2.24, 2.45) is 0 Å². The molecular formula is C14H12F3N5O3S. The minimum absolute atomic E-state index is 0.0524. The lowest BCUT2D eigenvalue weighted by atomic mass is 10.1. The fraction of sp³-hybridized carbons (Fsp3) is 0.357. The molecule has 1 saturated heterocycles. The lowest BCUT2D eigenvalue weighted by Crippen LogP contribution is -2.19. The van der Waals surface area contributed by atoms with E-state index in [0.29, 0.717) is 18.8 Å². The summed E-state index contributed by atoms with van der Waals surface area (Å²) in [4.78, 5) is 24.8. The topological polar surface area (TPSA) is 101 Å². The number of amides is 1. The Labute approximate surface area is 148 Å². The molecule has 0 unspecified atom stereocenters. The third kappa shape index (κ3) is 3.74. The first-order valence-electron chi connectivity index (χ1n) is 7.51. The zero-order valence-electron chi connectivity index (χ0n) is 13.1. The number of benzene rings is 1. The molecule has 1 aliphatic heterocycles. The molecule has 0 atom stereocenters. The predicted octanol–water partition coefficient (Wildman–Crippen LogP) is 3.32. The zero-order valence-corrected chi connectivity index (χ0v) is 13.9. The van der Waals surface area contributed by atoms with Gasteiger partial charge >= 0.3 is 6.18 Å². The van der Waals surface area contributed by atoms with Crippen LogP contribution in [0.5, 0.6) is 0 Å². The van der Waals surface area contributed by atoms with Crippen LogP contribution in [0.4, 0.5) is 29.7 Å². The lowest BCUT2D eigenvalue weighted by molar-refractivity contribution is -0.384. The minimum Gasteiger partial charge on any atom is -0.366 e. The van der Waals surface area contributed by atoms with Crippen LogP contribution in [0, 0.1) is 10.1 Å². The molecule has 0 bridgehead atoms. The summed E-state index contributed by atoms with van der Waals surface area (Å²) in [7, 11) is 0. The Kier molecular flexibility index (Phi) is 4.76. The van der Waals surface area contributed by atoms with Crippen molar-refractivity contribution >= 4 is 33.8 Å². The Hall–Kier alpha value is -2.76. The molecule has 0 saturated carbocycles. The molecule has 138 valence electrons. The average molecular weight is 387 g/mol. The number of hydrogen-bond donors (Lipinski definition) is 1. The molecule has 1 aromatic carbocycles. The van der Waals surface area contributed by atoms with Gasteiger partial charge in [0.1, 0.15) is 5.69 Å². The number of nitrogens with one attached hydrogen (secondary N) is 1. The Balaban J connectivity index is 1.82. The SMILES string of the molecule is O=C(Nc1nnc(C(F)(F)F)s1)c1ccc(N2CCCC2)c([N+](=O)[O-])c1. The van der Waals surface area contributed by atoms with Crippen LogP contribution in [0.25, 0.3) is 0 Å². The summed E-state index contributed by atoms with van der Waals surface area (Å²) in [5.74, 6) is -0.800. The number of halogens is 3.